The first-order chi connectivity index (χ1) is 10.5. The van der Waals surface area contributed by atoms with Crippen molar-refractivity contribution in [3.05, 3.63) is 45.9 Å². The molecule has 0 spiro atoms. The van der Waals surface area contributed by atoms with Crippen LogP contribution in [0.2, 0.25) is 0 Å². The van der Waals surface area contributed by atoms with Crippen LogP contribution in [-0.2, 0) is 6.54 Å². The number of rotatable bonds is 4. The average molecular weight is 306 g/mol. The van der Waals surface area contributed by atoms with Crippen molar-refractivity contribution >= 4 is 0 Å². The van der Waals surface area contributed by atoms with Crippen molar-refractivity contribution in [1.29, 1.82) is 0 Å². The van der Waals surface area contributed by atoms with Crippen LogP contribution in [0.5, 0.6) is 5.75 Å². The Morgan fingerprint density at radius 1 is 1.36 bits per heavy atom. The maximum absolute atomic E-state index is 12.7. The zero-order valence-corrected chi connectivity index (χ0v) is 12.1. The Balaban J connectivity index is 2.25. The molecule has 1 aromatic carbocycles. The minimum Gasteiger partial charge on any atom is -0.505 e. The number of halogens is 2. The van der Waals surface area contributed by atoms with Crippen molar-refractivity contribution in [2.24, 2.45) is 0 Å². The van der Waals surface area contributed by atoms with Gasteiger partial charge in [0, 0.05) is 5.92 Å². The van der Waals surface area contributed by atoms with Crippen molar-refractivity contribution < 1.29 is 13.9 Å². The van der Waals surface area contributed by atoms with E-state index in [0.29, 0.717) is 11.3 Å². The number of hydrogen-bond donors (Lipinski definition) is 1. The third-order valence-electron chi connectivity index (χ3n) is 3.85. The van der Waals surface area contributed by atoms with Gasteiger partial charge in [-0.25, -0.2) is 13.5 Å². The monoisotopic (exact) mass is 306 g/mol. The lowest BCUT2D eigenvalue weighted by atomic mass is 10.00. The van der Waals surface area contributed by atoms with E-state index in [2.05, 4.69) is 5.10 Å². The Hall–Kier alpha value is -2.24. The van der Waals surface area contributed by atoms with Crippen LogP contribution in [0.15, 0.2) is 29.1 Å². The van der Waals surface area contributed by atoms with Crippen LogP contribution < -0.4 is 5.56 Å². The quantitative estimate of drug-likeness (QED) is 0.944. The lowest BCUT2D eigenvalue weighted by Gasteiger charge is -2.14. The van der Waals surface area contributed by atoms with Gasteiger partial charge >= 0.3 is 0 Å². The Kier molecular flexibility index (Phi) is 3.68. The van der Waals surface area contributed by atoms with Gasteiger partial charge in [0.2, 0.25) is 0 Å². The lowest BCUT2D eigenvalue weighted by Crippen LogP contribution is -2.28. The highest BCUT2D eigenvalue weighted by atomic mass is 19.3. The van der Waals surface area contributed by atoms with E-state index < -0.39 is 18.5 Å². The van der Waals surface area contributed by atoms with Crippen molar-refractivity contribution in [3.63, 3.8) is 0 Å². The summed E-state index contributed by atoms with van der Waals surface area (Å²) in [6.07, 6.45) is -0.979. The summed E-state index contributed by atoms with van der Waals surface area (Å²) in [7, 11) is 0. The molecule has 0 amide bonds. The number of nitrogens with zero attached hydrogens (tertiary/aromatic N) is 2. The van der Waals surface area contributed by atoms with Crippen LogP contribution in [0.1, 0.15) is 30.0 Å². The molecular formula is C16H16F2N2O2. The van der Waals surface area contributed by atoms with Gasteiger partial charge in [-0.1, -0.05) is 24.3 Å². The molecule has 1 saturated carbocycles. The Morgan fingerprint density at radius 2 is 2.05 bits per heavy atom. The normalized spacial score (nSPS) is 14.5. The zero-order valence-electron chi connectivity index (χ0n) is 12.1. The van der Waals surface area contributed by atoms with Gasteiger partial charge in [0.05, 0.1) is 5.56 Å². The first-order valence-electron chi connectivity index (χ1n) is 7.17. The van der Waals surface area contributed by atoms with Gasteiger partial charge < -0.3 is 5.11 Å². The maximum atomic E-state index is 12.7. The second kappa shape index (κ2) is 5.51. The van der Waals surface area contributed by atoms with Crippen LogP contribution in [0.25, 0.3) is 11.1 Å². The van der Waals surface area contributed by atoms with E-state index in [9.17, 15) is 18.7 Å². The molecule has 1 fully saturated rings. The molecule has 2 aromatic rings. The minimum absolute atomic E-state index is 0.0484. The topological polar surface area (TPSA) is 55.1 Å². The van der Waals surface area contributed by atoms with Gasteiger partial charge in [-0.05, 0) is 30.9 Å². The molecule has 116 valence electrons. The van der Waals surface area contributed by atoms with E-state index in [-0.39, 0.29) is 17.2 Å². The summed E-state index contributed by atoms with van der Waals surface area (Å²) in [6.45, 7) is 1.04. The smallest absolute Gasteiger partial charge is 0.278 e. The fourth-order valence-corrected chi connectivity index (χ4v) is 2.56. The van der Waals surface area contributed by atoms with Gasteiger partial charge in [-0.15, -0.1) is 0 Å². The van der Waals surface area contributed by atoms with Gasteiger partial charge in [-0.3, -0.25) is 4.79 Å². The lowest BCUT2D eigenvalue weighted by molar-refractivity contribution is 0.119. The minimum atomic E-state index is -2.67. The fraction of sp³-hybridized carbons (Fsp3) is 0.375. The van der Waals surface area contributed by atoms with Crippen molar-refractivity contribution in [2.45, 2.75) is 38.7 Å². The summed E-state index contributed by atoms with van der Waals surface area (Å²) in [4.78, 5) is 12.5. The predicted octanol–water partition coefficient (Wildman–Crippen LogP) is 3.07. The summed E-state index contributed by atoms with van der Waals surface area (Å²) in [6, 6.07) is 7.07. The molecule has 0 saturated heterocycles. The number of aryl methyl sites for hydroxylation is 1. The molecule has 4 nitrogen and oxygen atoms in total. The van der Waals surface area contributed by atoms with E-state index in [0.717, 1.165) is 23.1 Å². The summed E-state index contributed by atoms with van der Waals surface area (Å²) >= 11 is 0. The Morgan fingerprint density at radius 3 is 2.64 bits per heavy atom. The predicted molar refractivity (Wildman–Crippen MR) is 78.3 cm³/mol. The van der Waals surface area contributed by atoms with E-state index >= 15 is 0 Å². The Bertz CT molecular complexity index is 767. The van der Waals surface area contributed by atoms with E-state index in [1.54, 1.807) is 12.1 Å². The van der Waals surface area contributed by atoms with Crippen molar-refractivity contribution in [2.75, 3.05) is 0 Å². The average Bonchev–Trinajstić information content (AvgIpc) is 3.28. The van der Waals surface area contributed by atoms with Crippen LogP contribution in [0, 0.1) is 6.92 Å². The molecule has 22 heavy (non-hydrogen) atoms. The number of hydrogen-bond acceptors (Lipinski definition) is 3. The maximum Gasteiger partial charge on any atom is 0.278 e. The molecule has 3 rings (SSSR count). The SMILES string of the molecule is Cc1ccccc1-c1c(O)c(C2CC2)nn(CC(F)F)c1=O. The van der Waals surface area contributed by atoms with Crippen LogP contribution in [0.3, 0.4) is 0 Å². The second-order valence-corrected chi connectivity index (χ2v) is 5.58. The first kappa shape index (κ1) is 14.7. The van der Waals surface area contributed by atoms with E-state index in [4.69, 9.17) is 0 Å². The molecule has 1 aliphatic carbocycles. The third-order valence-corrected chi connectivity index (χ3v) is 3.85. The highest BCUT2D eigenvalue weighted by Gasteiger charge is 2.32. The molecule has 0 unspecified atom stereocenters. The van der Waals surface area contributed by atoms with Crippen LogP contribution in [-0.4, -0.2) is 21.3 Å². The summed E-state index contributed by atoms with van der Waals surface area (Å²) in [5, 5.41) is 14.4. The largest absolute Gasteiger partial charge is 0.505 e. The molecule has 0 radical (unpaired) electrons. The molecular weight excluding hydrogens is 290 g/mol. The molecule has 0 atom stereocenters. The summed E-state index contributed by atoms with van der Waals surface area (Å²) in [5.74, 6) is -0.125. The zero-order chi connectivity index (χ0) is 15.9. The van der Waals surface area contributed by atoms with Gasteiger partial charge in [0.25, 0.3) is 12.0 Å². The van der Waals surface area contributed by atoms with Crippen molar-refractivity contribution in [1.82, 2.24) is 9.78 Å². The van der Waals surface area contributed by atoms with Gasteiger partial charge in [-0.2, -0.15) is 5.10 Å². The third kappa shape index (κ3) is 2.61. The number of aromatic nitrogens is 2. The highest BCUT2D eigenvalue weighted by Crippen LogP contribution is 2.44. The summed E-state index contributed by atoms with van der Waals surface area (Å²) in [5.41, 5.74) is 1.08. The number of alkyl halides is 2. The summed E-state index contributed by atoms with van der Waals surface area (Å²) < 4.78 is 26.2. The highest BCUT2D eigenvalue weighted by molar-refractivity contribution is 5.73. The second-order valence-electron chi connectivity index (χ2n) is 5.58. The number of aromatic hydroxyl groups is 1. The molecule has 1 N–H and O–H groups in total. The molecule has 1 aromatic heterocycles. The molecule has 6 heteroatoms. The van der Waals surface area contributed by atoms with E-state index in [1.807, 2.05) is 19.1 Å². The molecule has 1 aliphatic rings. The molecule has 0 aliphatic heterocycles. The number of benzene rings is 1. The van der Waals surface area contributed by atoms with Crippen molar-refractivity contribution in [3.8, 4) is 16.9 Å². The van der Waals surface area contributed by atoms with Crippen LogP contribution in [0.4, 0.5) is 8.78 Å². The molecule has 1 heterocycles. The fourth-order valence-electron chi connectivity index (χ4n) is 2.56. The first-order valence-corrected chi connectivity index (χ1v) is 7.17. The van der Waals surface area contributed by atoms with Crippen LogP contribution >= 0.6 is 0 Å². The molecule has 0 bridgehead atoms. The Labute approximate surface area is 126 Å². The standard InChI is InChI=1S/C16H16F2N2O2/c1-9-4-2-3-5-11(9)13-15(21)14(10-6-7-10)19-20(16(13)22)8-12(17)18/h2-5,10,12,21H,6-8H2,1H3. The van der Waals surface area contributed by atoms with Gasteiger partial charge in [0.1, 0.15) is 12.2 Å². The van der Waals surface area contributed by atoms with Gasteiger partial charge in [0.15, 0.2) is 5.75 Å². The van der Waals surface area contributed by atoms with E-state index in [1.165, 1.54) is 0 Å².